The predicted molar refractivity (Wildman–Crippen MR) is 171 cm³/mol. The second-order valence-electron chi connectivity index (χ2n) is 12.2. The Hall–Kier alpha value is -4.04. The normalized spacial score (nSPS) is 14.8. The van der Waals surface area contributed by atoms with Gasteiger partial charge in [-0.15, -0.1) is 0 Å². The Bertz CT molecular complexity index is 1350. The van der Waals surface area contributed by atoms with Gasteiger partial charge in [-0.1, -0.05) is 107 Å². The van der Waals surface area contributed by atoms with Gasteiger partial charge in [-0.3, -0.25) is 14.4 Å². The van der Waals surface area contributed by atoms with Crippen molar-refractivity contribution in [3.63, 3.8) is 0 Å². The minimum absolute atomic E-state index is 0.0977. The molecule has 43 heavy (non-hydrogen) atoms. The van der Waals surface area contributed by atoms with Crippen LogP contribution in [0.2, 0.25) is 0 Å². The summed E-state index contributed by atoms with van der Waals surface area (Å²) in [5.41, 5.74) is 1.85. The van der Waals surface area contributed by atoms with Gasteiger partial charge in [0.1, 0.15) is 6.04 Å². The molecule has 0 bridgehead atoms. The first-order chi connectivity index (χ1) is 20.0. The van der Waals surface area contributed by atoms with Gasteiger partial charge in [0.25, 0.3) is 0 Å². The fourth-order valence-corrected chi connectivity index (χ4v) is 5.08. The molecule has 0 spiro atoms. The number of aliphatic carboxylic acids is 1. The quantitative estimate of drug-likeness (QED) is 0.162. The minimum atomic E-state index is -1.06. The highest BCUT2D eigenvalue weighted by Gasteiger charge is 2.42. The van der Waals surface area contributed by atoms with Gasteiger partial charge < -0.3 is 20.6 Å². The zero-order chi connectivity index (χ0) is 32.6. The van der Waals surface area contributed by atoms with Crippen LogP contribution in [0.5, 0.6) is 0 Å². The van der Waals surface area contributed by atoms with Crippen LogP contribution in [-0.4, -0.2) is 65.8 Å². The summed E-state index contributed by atoms with van der Waals surface area (Å²) in [5.74, 6) is -2.20. The van der Waals surface area contributed by atoms with E-state index in [1.54, 1.807) is 44.4 Å². The number of nitrogens with zero attached hydrogens (tertiary/aromatic N) is 1. The van der Waals surface area contributed by atoms with Crippen LogP contribution in [0.3, 0.4) is 0 Å². The molecule has 0 aromatic heterocycles. The highest BCUT2D eigenvalue weighted by molar-refractivity contribution is 6.09. The molecule has 0 radical (unpaired) electrons. The van der Waals surface area contributed by atoms with Crippen LogP contribution in [0.15, 0.2) is 78.4 Å². The molecule has 8 heteroatoms. The van der Waals surface area contributed by atoms with Gasteiger partial charge in [-0.2, -0.15) is 0 Å². The Morgan fingerprint density at radius 3 is 1.93 bits per heavy atom. The first-order valence-electron chi connectivity index (χ1n) is 14.6. The third-order valence-corrected chi connectivity index (χ3v) is 8.29. The Labute approximate surface area is 256 Å². The Kier molecular flexibility index (Phi) is 12.2. The fraction of sp³-hybridized carbons (Fsp3) is 0.429. The number of likely N-dealkylation sites (N-methyl/N-ethyl adjacent to an activating group) is 2. The number of rotatable bonds is 14. The second kappa shape index (κ2) is 14.9. The van der Waals surface area contributed by atoms with E-state index in [0.29, 0.717) is 11.1 Å². The molecule has 2 amide bonds. The smallest absolute Gasteiger partial charge is 0.331 e. The van der Waals surface area contributed by atoms with Crippen molar-refractivity contribution in [2.75, 3.05) is 14.1 Å². The van der Waals surface area contributed by atoms with Crippen LogP contribution in [0.4, 0.5) is 0 Å². The highest BCUT2D eigenvalue weighted by Crippen LogP contribution is 2.31. The first kappa shape index (κ1) is 35.2. The molecule has 8 nitrogen and oxygen atoms in total. The maximum absolute atomic E-state index is 14.3. The lowest BCUT2D eigenvalue weighted by molar-refractivity contribution is -0.139. The standard InChI is InChI=1S/C35H47N3O5/c1-21(2)24(6)29(36-9)32(40)37-31(33(41)38(10)28(22(3)4)20-23(5)34(42)43)35(7,8)27-18-16-26(17-19-27)30(39)25-14-12-11-13-15-25/h11-20,22,24,28-29,31,36H,1H2,2-10H3,(H,37,40)(H,42,43)/b23-20+/t24?,28-,29+,31?/m1/s1. The fourth-order valence-electron chi connectivity index (χ4n) is 5.08. The molecule has 0 saturated heterocycles. The van der Waals surface area contributed by atoms with Crippen molar-refractivity contribution in [2.24, 2.45) is 11.8 Å². The number of carboxylic acid groups (broad SMARTS) is 1. The number of ketones is 1. The van der Waals surface area contributed by atoms with Crippen LogP contribution < -0.4 is 10.6 Å². The summed E-state index contributed by atoms with van der Waals surface area (Å²) in [4.78, 5) is 54.1. The Morgan fingerprint density at radius 2 is 1.47 bits per heavy atom. The molecule has 2 rings (SSSR count). The second-order valence-corrected chi connectivity index (χ2v) is 12.2. The van der Waals surface area contributed by atoms with Crippen molar-refractivity contribution in [1.29, 1.82) is 0 Å². The number of carbonyl (C=O) groups excluding carboxylic acids is 3. The Balaban J connectivity index is 2.57. The summed E-state index contributed by atoms with van der Waals surface area (Å²) in [6.45, 7) is 16.8. The third kappa shape index (κ3) is 8.51. The molecule has 4 atom stereocenters. The maximum atomic E-state index is 14.3. The topological polar surface area (TPSA) is 116 Å². The molecule has 0 aliphatic heterocycles. The van der Waals surface area contributed by atoms with E-state index in [0.717, 1.165) is 11.1 Å². The van der Waals surface area contributed by atoms with Gasteiger partial charge >= 0.3 is 5.97 Å². The van der Waals surface area contributed by atoms with E-state index in [-0.39, 0.29) is 35.0 Å². The van der Waals surface area contributed by atoms with Crippen molar-refractivity contribution >= 4 is 23.6 Å². The number of carbonyl (C=O) groups is 4. The monoisotopic (exact) mass is 589 g/mol. The lowest BCUT2D eigenvalue weighted by atomic mass is 9.76. The SMILES string of the molecule is C=C(C)C(C)[C@H](NC)C(=O)NC(C(=O)N(C)[C@H](/C=C(\C)C(=O)O)C(C)C)C(C)(C)c1ccc(C(=O)c2ccccc2)cc1. The molecule has 2 unspecified atom stereocenters. The molecule has 232 valence electrons. The molecular formula is C35H47N3O5. The molecule has 0 aliphatic carbocycles. The third-order valence-electron chi connectivity index (χ3n) is 8.29. The number of nitrogens with one attached hydrogen (secondary N) is 2. The molecule has 0 heterocycles. The van der Waals surface area contributed by atoms with Crippen molar-refractivity contribution in [1.82, 2.24) is 15.5 Å². The molecule has 0 aliphatic rings. The van der Waals surface area contributed by atoms with Crippen molar-refractivity contribution in [3.8, 4) is 0 Å². The maximum Gasteiger partial charge on any atom is 0.331 e. The van der Waals surface area contributed by atoms with E-state index in [9.17, 15) is 24.3 Å². The van der Waals surface area contributed by atoms with E-state index in [4.69, 9.17) is 0 Å². The van der Waals surface area contributed by atoms with Crippen molar-refractivity contribution in [2.45, 2.75) is 72.0 Å². The highest BCUT2D eigenvalue weighted by atomic mass is 16.4. The number of hydrogen-bond donors (Lipinski definition) is 3. The zero-order valence-corrected chi connectivity index (χ0v) is 26.9. The van der Waals surface area contributed by atoms with Crippen LogP contribution >= 0.6 is 0 Å². The van der Waals surface area contributed by atoms with Crippen molar-refractivity contribution < 1.29 is 24.3 Å². The minimum Gasteiger partial charge on any atom is -0.478 e. The molecule has 3 N–H and O–H groups in total. The van der Waals surface area contributed by atoms with E-state index >= 15 is 0 Å². The number of benzene rings is 2. The van der Waals surface area contributed by atoms with Crippen LogP contribution in [0, 0.1) is 11.8 Å². The van der Waals surface area contributed by atoms with E-state index in [1.165, 1.54) is 11.8 Å². The number of hydrogen-bond acceptors (Lipinski definition) is 5. The summed E-state index contributed by atoms with van der Waals surface area (Å²) in [7, 11) is 3.32. The first-order valence-corrected chi connectivity index (χ1v) is 14.6. The van der Waals surface area contributed by atoms with Crippen molar-refractivity contribution in [3.05, 3.63) is 95.1 Å². The lowest BCUT2D eigenvalue weighted by Crippen LogP contribution is -2.61. The number of amides is 2. The average Bonchev–Trinajstić information content (AvgIpc) is 2.97. The molecule has 2 aromatic rings. The zero-order valence-electron chi connectivity index (χ0n) is 26.9. The van der Waals surface area contributed by atoms with Crippen LogP contribution in [0.1, 0.15) is 70.0 Å². The van der Waals surface area contributed by atoms with Gasteiger partial charge in [0.05, 0.1) is 12.1 Å². The number of carboxylic acids is 1. The largest absolute Gasteiger partial charge is 0.478 e. The lowest BCUT2D eigenvalue weighted by Gasteiger charge is -2.40. The summed E-state index contributed by atoms with van der Waals surface area (Å²) < 4.78 is 0. The van der Waals surface area contributed by atoms with E-state index in [2.05, 4.69) is 17.2 Å². The molecule has 2 aromatic carbocycles. The Morgan fingerprint density at radius 1 is 0.930 bits per heavy atom. The molecule has 0 fully saturated rings. The summed E-state index contributed by atoms with van der Waals surface area (Å²) >= 11 is 0. The van der Waals surface area contributed by atoms with Gasteiger partial charge in [-0.05, 0) is 32.4 Å². The summed E-state index contributed by atoms with van der Waals surface area (Å²) in [5, 5.41) is 15.6. The van der Waals surface area contributed by atoms with E-state index in [1.807, 2.05) is 71.9 Å². The van der Waals surface area contributed by atoms with Gasteiger partial charge in [0.15, 0.2) is 5.78 Å². The van der Waals surface area contributed by atoms with E-state index < -0.39 is 29.5 Å². The van der Waals surface area contributed by atoms with Crippen LogP contribution in [-0.2, 0) is 19.8 Å². The van der Waals surface area contributed by atoms with Gasteiger partial charge in [0, 0.05) is 35.1 Å². The summed E-state index contributed by atoms with van der Waals surface area (Å²) in [6.07, 6.45) is 1.57. The predicted octanol–water partition coefficient (Wildman–Crippen LogP) is 4.99. The van der Waals surface area contributed by atoms with Gasteiger partial charge in [0.2, 0.25) is 11.8 Å². The molecular weight excluding hydrogens is 542 g/mol. The molecule has 0 saturated carbocycles. The van der Waals surface area contributed by atoms with Gasteiger partial charge in [-0.25, -0.2) is 4.79 Å². The van der Waals surface area contributed by atoms with Crippen LogP contribution in [0.25, 0.3) is 0 Å². The summed E-state index contributed by atoms with van der Waals surface area (Å²) in [6, 6.07) is 13.9. The average molecular weight is 590 g/mol.